The summed E-state index contributed by atoms with van der Waals surface area (Å²) in [7, 11) is 0. The van der Waals surface area contributed by atoms with E-state index in [0.717, 1.165) is 6.42 Å². The van der Waals surface area contributed by atoms with E-state index in [2.05, 4.69) is 0 Å². The smallest absolute Gasteiger partial charge is 0.258 e. The Bertz CT molecular complexity index is 460. The standard InChI is InChI=1S/C13H18N2O2S/c1-3-7-15(8-11(14)18)13(17)10-6-4-5-9(2)12(10)16/h4-6,16H,3,7-8H2,1-2H3,(H2,14,18). The van der Waals surface area contributed by atoms with E-state index in [9.17, 15) is 9.90 Å². The van der Waals surface area contributed by atoms with Gasteiger partial charge >= 0.3 is 0 Å². The maximum Gasteiger partial charge on any atom is 0.258 e. The maximum atomic E-state index is 12.3. The maximum absolute atomic E-state index is 12.3. The van der Waals surface area contributed by atoms with E-state index >= 15 is 0 Å². The number of hydrogen-bond acceptors (Lipinski definition) is 3. The van der Waals surface area contributed by atoms with Crippen LogP contribution in [0.15, 0.2) is 18.2 Å². The number of benzene rings is 1. The summed E-state index contributed by atoms with van der Waals surface area (Å²) in [6.07, 6.45) is 0.806. The Morgan fingerprint density at radius 2 is 2.17 bits per heavy atom. The van der Waals surface area contributed by atoms with E-state index in [1.54, 1.807) is 30.0 Å². The molecule has 0 bridgehead atoms. The summed E-state index contributed by atoms with van der Waals surface area (Å²) in [6, 6.07) is 5.10. The number of aryl methyl sites for hydroxylation is 1. The van der Waals surface area contributed by atoms with Crippen LogP contribution < -0.4 is 5.73 Å². The van der Waals surface area contributed by atoms with Gasteiger partial charge in [0.1, 0.15) is 5.75 Å². The number of para-hydroxylation sites is 1. The molecule has 98 valence electrons. The van der Waals surface area contributed by atoms with Crippen molar-refractivity contribution < 1.29 is 9.90 Å². The molecule has 0 spiro atoms. The molecule has 4 nitrogen and oxygen atoms in total. The van der Waals surface area contributed by atoms with Gasteiger partial charge in [0.05, 0.1) is 17.1 Å². The Labute approximate surface area is 112 Å². The van der Waals surface area contributed by atoms with E-state index < -0.39 is 0 Å². The summed E-state index contributed by atoms with van der Waals surface area (Å²) in [5.74, 6) is -0.225. The Kier molecular flexibility index (Phi) is 5.09. The number of rotatable bonds is 5. The number of nitrogens with two attached hydrogens (primary N) is 1. The third-order valence-electron chi connectivity index (χ3n) is 2.60. The van der Waals surface area contributed by atoms with Gasteiger partial charge in [-0.15, -0.1) is 0 Å². The van der Waals surface area contributed by atoms with Gasteiger partial charge in [-0.05, 0) is 25.0 Å². The van der Waals surface area contributed by atoms with Crippen molar-refractivity contribution in [2.24, 2.45) is 5.73 Å². The molecule has 0 aromatic heterocycles. The summed E-state index contributed by atoms with van der Waals surface area (Å²) in [5, 5.41) is 9.91. The van der Waals surface area contributed by atoms with Crippen molar-refractivity contribution in [3.8, 4) is 5.75 Å². The molecule has 1 aromatic rings. The molecular formula is C13H18N2O2S. The van der Waals surface area contributed by atoms with Crippen LogP contribution >= 0.6 is 12.2 Å². The van der Waals surface area contributed by atoms with E-state index in [1.807, 2.05) is 6.92 Å². The first-order valence-corrected chi connectivity index (χ1v) is 6.24. The van der Waals surface area contributed by atoms with Crippen LogP contribution in [0, 0.1) is 6.92 Å². The molecular weight excluding hydrogens is 248 g/mol. The molecule has 0 unspecified atom stereocenters. The molecule has 0 atom stereocenters. The zero-order valence-electron chi connectivity index (χ0n) is 10.6. The van der Waals surface area contributed by atoms with Crippen LogP contribution in [0.2, 0.25) is 0 Å². The molecule has 0 heterocycles. The molecule has 0 radical (unpaired) electrons. The SMILES string of the molecule is CCCN(CC(N)=S)C(=O)c1cccc(C)c1O. The summed E-state index contributed by atoms with van der Waals surface area (Å²) in [5.41, 5.74) is 6.45. The molecule has 18 heavy (non-hydrogen) atoms. The fourth-order valence-corrected chi connectivity index (χ4v) is 1.87. The highest BCUT2D eigenvalue weighted by atomic mass is 32.1. The largest absolute Gasteiger partial charge is 0.507 e. The second-order valence-corrected chi connectivity index (χ2v) is 4.69. The number of carbonyl (C=O) groups is 1. The van der Waals surface area contributed by atoms with Crippen LogP contribution in [-0.2, 0) is 0 Å². The third kappa shape index (κ3) is 3.43. The van der Waals surface area contributed by atoms with Crippen molar-refractivity contribution in [1.29, 1.82) is 0 Å². The van der Waals surface area contributed by atoms with Crippen molar-refractivity contribution in [1.82, 2.24) is 4.90 Å². The highest BCUT2D eigenvalue weighted by Crippen LogP contribution is 2.22. The van der Waals surface area contributed by atoms with Crippen LogP contribution in [-0.4, -0.2) is 34.0 Å². The van der Waals surface area contributed by atoms with Crippen LogP contribution in [0.1, 0.15) is 29.3 Å². The molecule has 0 saturated heterocycles. The topological polar surface area (TPSA) is 66.6 Å². The second kappa shape index (κ2) is 6.35. The van der Waals surface area contributed by atoms with Crippen LogP contribution in [0.4, 0.5) is 0 Å². The second-order valence-electron chi connectivity index (χ2n) is 4.16. The van der Waals surface area contributed by atoms with Crippen LogP contribution in [0.25, 0.3) is 0 Å². The molecule has 0 fully saturated rings. The van der Waals surface area contributed by atoms with Crippen molar-refractivity contribution in [3.05, 3.63) is 29.3 Å². The van der Waals surface area contributed by atoms with Crippen LogP contribution in [0.3, 0.4) is 0 Å². The predicted octanol–water partition coefficient (Wildman–Crippen LogP) is 1.84. The minimum atomic E-state index is -0.245. The van der Waals surface area contributed by atoms with Gasteiger partial charge in [-0.25, -0.2) is 0 Å². The van der Waals surface area contributed by atoms with Gasteiger partial charge in [0, 0.05) is 6.54 Å². The number of nitrogens with zero attached hydrogens (tertiary/aromatic N) is 1. The number of phenolic OH excluding ortho intramolecular Hbond substituents is 1. The molecule has 1 amide bonds. The van der Waals surface area contributed by atoms with Crippen molar-refractivity contribution >= 4 is 23.1 Å². The van der Waals surface area contributed by atoms with Crippen LogP contribution in [0.5, 0.6) is 5.75 Å². The Morgan fingerprint density at radius 3 is 2.72 bits per heavy atom. The van der Waals surface area contributed by atoms with Gasteiger partial charge in [-0.2, -0.15) is 0 Å². The first-order chi connectivity index (χ1) is 8.47. The summed E-state index contributed by atoms with van der Waals surface area (Å²) in [6.45, 7) is 4.51. The Hall–Kier alpha value is -1.62. The minimum Gasteiger partial charge on any atom is -0.507 e. The molecule has 5 heteroatoms. The molecule has 3 N–H and O–H groups in total. The molecule has 1 rings (SSSR count). The van der Waals surface area contributed by atoms with E-state index in [1.165, 1.54) is 0 Å². The zero-order chi connectivity index (χ0) is 13.7. The van der Waals surface area contributed by atoms with Gasteiger partial charge < -0.3 is 15.7 Å². The van der Waals surface area contributed by atoms with Gasteiger partial charge in [-0.1, -0.05) is 31.3 Å². The first-order valence-electron chi connectivity index (χ1n) is 5.83. The van der Waals surface area contributed by atoms with E-state index in [4.69, 9.17) is 18.0 Å². The number of phenols is 1. The summed E-state index contributed by atoms with van der Waals surface area (Å²) in [4.78, 5) is 14.1. The van der Waals surface area contributed by atoms with E-state index in [0.29, 0.717) is 17.7 Å². The highest BCUT2D eigenvalue weighted by Gasteiger charge is 2.19. The number of carbonyl (C=O) groups excluding carboxylic acids is 1. The zero-order valence-corrected chi connectivity index (χ0v) is 11.5. The minimum absolute atomic E-state index is 0.0199. The Morgan fingerprint density at radius 1 is 1.50 bits per heavy atom. The lowest BCUT2D eigenvalue weighted by Gasteiger charge is -2.22. The predicted molar refractivity (Wildman–Crippen MR) is 75.8 cm³/mol. The lowest BCUT2D eigenvalue weighted by atomic mass is 10.1. The number of amides is 1. The molecule has 0 aliphatic heterocycles. The number of aromatic hydroxyl groups is 1. The summed E-state index contributed by atoms with van der Waals surface area (Å²) >= 11 is 4.84. The first kappa shape index (κ1) is 14.4. The van der Waals surface area contributed by atoms with Gasteiger partial charge in [0.15, 0.2) is 0 Å². The molecule has 0 saturated carbocycles. The average molecular weight is 266 g/mol. The molecule has 1 aromatic carbocycles. The van der Waals surface area contributed by atoms with Crippen molar-refractivity contribution in [2.45, 2.75) is 20.3 Å². The lowest BCUT2D eigenvalue weighted by molar-refractivity contribution is 0.0777. The number of thiocarbonyl (C=S) groups is 1. The van der Waals surface area contributed by atoms with Gasteiger partial charge in [0.25, 0.3) is 5.91 Å². The monoisotopic (exact) mass is 266 g/mol. The third-order valence-corrected chi connectivity index (χ3v) is 2.72. The highest BCUT2D eigenvalue weighted by molar-refractivity contribution is 7.80. The normalized spacial score (nSPS) is 10.1. The van der Waals surface area contributed by atoms with Gasteiger partial charge in [-0.3, -0.25) is 4.79 Å². The average Bonchev–Trinajstić information content (AvgIpc) is 2.31. The molecule has 0 aliphatic rings. The quantitative estimate of drug-likeness (QED) is 0.798. The lowest BCUT2D eigenvalue weighted by Crippen LogP contribution is -2.38. The fraction of sp³-hybridized carbons (Fsp3) is 0.385. The van der Waals surface area contributed by atoms with Crippen molar-refractivity contribution in [3.63, 3.8) is 0 Å². The van der Waals surface area contributed by atoms with Gasteiger partial charge in [0.2, 0.25) is 0 Å². The Balaban J connectivity index is 3.01. The summed E-state index contributed by atoms with van der Waals surface area (Å²) < 4.78 is 0. The fourth-order valence-electron chi connectivity index (χ4n) is 1.71. The number of hydrogen-bond donors (Lipinski definition) is 2. The van der Waals surface area contributed by atoms with E-state index in [-0.39, 0.29) is 23.2 Å². The van der Waals surface area contributed by atoms with Crippen molar-refractivity contribution in [2.75, 3.05) is 13.1 Å². The molecule has 0 aliphatic carbocycles.